The van der Waals surface area contributed by atoms with Crippen LogP contribution in [0.2, 0.25) is 18.1 Å². The first-order valence-corrected chi connectivity index (χ1v) is 12.6. The predicted octanol–water partition coefficient (Wildman–Crippen LogP) is 7.40. The van der Waals surface area contributed by atoms with Crippen molar-refractivity contribution in [1.29, 1.82) is 0 Å². The van der Waals surface area contributed by atoms with Crippen LogP contribution in [-0.2, 0) is 11.0 Å². The highest BCUT2D eigenvalue weighted by molar-refractivity contribution is 7.22. The van der Waals surface area contributed by atoms with Gasteiger partial charge in [0, 0.05) is 9.58 Å². The summed E-state index contributed by atoms with van der Waals surface area (Å²) in [6, 6.07) is 17.7. The fourth-order valence-electron chi connectivity index (χ4n) is 2.64. The SMILES string of the molecule is Cc1ccccc1-c1cc2cc(CO[Si](C)(C)C(C)(C)C)ccc2s1. The van der Waals surface area contributed by atoms with Gasteiger partial charge < -0.3 is 4.43 Å². The lowest BCUT2D eigenvalue weighted by atomic mass is 10.1. The van der Waals surface area contributed by atoms with Crippen LogP contribution in [0.25, 0.3) is 20.5 Å². The third-order valence-corrected chi connectivity index (χ3v) is 11.0. The van der Waals surface area contributed by atoms with Gasteiger partial charge in [-0.1, -0.05) is 51.1 Å². The number of hydrogen-bond donors (Lipinski definition) is 0. The molecule has 0 spiro atoms. The van der Waals surface area contributed by atoms with Crippen LogP contribution in [0.1, 0.15) is 31.9 Å². The summed E-state index contributed by atoms with van der Waals surface area (Å²) in [6.45, 7) is 14.4. The van der Waals surface area contributed by atoms with Crippen molar-refractivity contribution in [2.45, 2.75) is 52.4 Å². The first-order chi connectivity index (χ1) is 11.7. The fourth-order valence-corrected chi connectivity index (χ4v) is 4.74. The molecule has 0 saturated carbocycles. The highest BCUT2D eigenvalue weighted by Crippen LogP contribution is 2.38. The van der Waals surface area contributed by atoms with E-state index in [2.05, 4.69) is 89.3 Å². The topological polar surface area (TPSA) is 9.23 Å². The lowest BCUT2D eigenvalue weighted by Crippen LogP contribution is -2.40. The molecule has 0 aliphatic heterocycles. The third kappa shape index (κ3) is 3.89. The maximum absolute atomic E-state index is 6.38. The van der Waals surface area contributed by atoms with Crippen LogP contribution in [0.4, 0.5) is 0 Å². The Balaban J connectivity index is 1.85. The van der Waals surface area contributed by atoms with Crippen LogP contribution in [0.15, 0.2) is 48.5 Å². The summed E-state index contributed by atoms with van der Waals surface area (Å²) >= 11 is 1.87. The Bertz CT molecular complexity index is 886. The minimum absolute atomic E-state index is 0.248. The first kappa shape index (κ1) is 18.4. The fraction of sp³-hybridized carbons (Fsp3) is 0.364. The summed E-state index contributed by atoms with van der Waals surface area (Å²) in [6.07, 6.45) is 0. The number of fused-ring (bicyclic) bond motifs is 1. The zero-order chi connectivity index (χ0) is 18.2. The van der Waals surface area contributed by atoms with Crippen LogP contribution < -0.4 is 0 Å². The van der Waals surface area contributed by atoms with Crippen LogP contribution in [0.3, 0.4) is 0 Å². The van der Waals surface area contributed by atoms with Crippen molar-refractivity contribution >= 4 is 29.7 Å². The summed E-state index contributed by atoms with van der Waals surface area (Å²) in [5, 5.41) is 1.57. The lowest BCUT2D eigenvalue weighted by molar-refractivity contribution is 0.276. The minimum atomic E-state index is -1.71. The van der Waals surface area contributed by atoms with Crippen molar-refractivity contribution in [1.82, 2.24) is 0 Å². The molecule has 132 valence electrons. The normalized spacial score (nSPS) is 12.7. The summed E-state index contributed by atoms with van der Waals surface area (Å²) in [4.78, 5) is 1.34. The van der Waals surface area contributed by atoms with Gasteiger partial charge in [0.2, 0.25) is 0 Å². The molecule has 0 fully saturated rings. The van der Waals surface area contributed by atoms with E-state index in [0.717, 1.165) is 0 Å². The highest BCUT2D eigenvalue weighted by Gasteiger charge is 2.37. The van der Waals surface area contributed by atoms with Crippen molar-refractivity contribution in [3.05, 3.63) is 59.7 Å². The molecule has 1 aromatic heterocycles. The Morgan fingerprint density at radius 2 is 1.72 bits per heavy atom. The summed E-state index contributed by atoms with van der Waals surface area (Å²) in [5.74, 6) is 0. The Labute approximate surface area is 156 Å². The van der Waals surface area contributed by atoms with Gasteiger partial charge in [-0.2, -0.15) is 0 Å². The standard InChI is InChI=1S/C22H28OSSi/c1-16-9-7-8-10-19(16)21-14-18-13-17(11-12-20(18)24-21)15-23-25(5,6)22(2,3)4/h7-14H,15H2,1-6H3. The molecule has 1 nitrogen and oxygen atoms in total. The molecule has 2 aromatic carbocycles. The monoisotopic (exact) mass is 368 g/mol. The molecule has 0 amide bonds. The van der Waals surface area contributed by atoms with E-state index in [1.165, 1.54) is 31.7 Å². The summed E-state index contributed by atoms with van der Waals surface area (Å²) in [7, 11) is -1.71. The van der Waals surface area contributed by atoms with Gasteiger partial charge in [0.25, 0.3) is 0 Å². The summed E-state index contributed by atoms with van der Waals surface area (Å²) in [5.41, 5.74) is 3.93. The molecule has 0 N–H and O–H groups in total. The first-order valence-electron chi connectivity index (χ1n) is 8.90. The number of benzene rings is 2. The van der Waals surface area contributed by atoms with Crippen molar-refractivity contribution in [3.8, 4) is 10.4 Å². The van der Waals surface area contributed by atoms with Crippen LogP contribution >= 0.6 is 11.3 Å². The van der Waals surface area contributed by atoms with Crippen molar-refractivity contribution in [3.63, 3.8) is 0 Å². The average Bonchev–Trinajstić information content (AvgIpc) is 2.95. The Kier molecular flexibility index (Phi) is 4.93. The molecule has 3 rings (SSSR count). The molecule has 1 heterocycles. The zero-order valence-electron chi connectivity index (χ0n) is 16.1. The van der Waals surface area contributed by atoms with E-state index >= 15 is 0 Å². The molecular formula is C22H28OSSi. The number of hydrogen-bond acceptors (Lipinski definition) is 2. The lowest BCUT2D eigenvalue weighted by Gasteiger charge is -2.36. The highest BCUT2D eigenvalue weighted by atomic mass is 32.1. The van der Waals surface area contributed by atoms with Gasteiger partial charge >= 0.3 is 0 Å². The molecule has 0 bridgehead atoms. The van der Waals surface area contributed by atoms with Gasteiger partial charge in [0.1, 0.15) is 0 Å². The molecule has 0 aliphatic rings. The van der Waals surface area contributed by atoms with E-state index in [4.69, 9.17) is 4.43 Å². The molecular weight excluding hydrogens is 340 g/mol. The van der Waals surface area contributed by atoms with E-state index in [9.17, 15) is 0 Å². The zero-order valence-corrected chi connectivity index (χ0v) is 18.0. The van der Waals surface area contributed by atoms with Crippen molar-refractivity contribution in [2.75, 3.05) is 0 Å². The second-order valence-electron chi connectivity index (χ2n) is 8.35. The maximum Gasteiger partial charge on any atom is 0.192 e. The molecule has 25 heavy (non-hydrogen) atoms. The molecule has 0 unspecified atom stereocenters. The van der Waals surface area contributed by atoms with Gasteiger partial charge in [-0.3, -0.25) is 0 Å². The smallest absolute Gasteiger partial charge is 0.192 e. The second kappa shape index (κ2) is 6.71. The Morgan fingerprint density at radius 3 is 2.40 bits per heavy atom. The van der Waals surface area contributed by atoms with Gasteiger partial charge in [-0.15, -0.1) is 11.3 Å². The number of aryl methyl sites for hydroxylation is 1. The molecule has 0 atom stereocenters. The van der Waals surface area contributed by atoms with Crippen molar-refractivity contribution in [2.24, 2.45) is 0 Å². The predicted molar refractivity (Wildman–Crippen MR) is 114 cm³/mol. The Morgan fingerprint density at radius 1 is 1.00 bits per heavy atom. The molecule has 0 radical (unpaired) electrons. The van der Waals surface area contributed by atoms with E-state index in [0.29, 0.717) is 6.61 Å². The largest absolute Gasteiger partial charge is 0.413 e. The van der Waals surface area contributed by atoms with Gasteiger partial charge in [-0.25, -0.2) is 0 Å². The minimum Gasteiger partial charge on any atom is -0.413 e. The molecule has 0 aliphatic carbocycles. The van der Waals surface area contributed by atoms with E-state index in [1.54, 1.807) is 0 Å². The van der Waals surface area contributed by atoms with E-state index in [-0.39, 0.29) is 5.04 Å². The van der Waals surface area contributed by atoms with Crippen LogP contribution in [0, 0.1) is 6.92 Å². The van der Waals surface area contributed by atoms with Gasteiger partial charge in [0.15, 0.2) is 8.32 Å². The van der Waals surface area contributed by atoms with E-state index < -0.39 is 8.32 Å². The second-order valence-corrected chi connectivity index (χ2v) is 14.2. The van der Waals surface area contributed by atoms with Crippen LogP contribution in [-0.4, -0.2) is 8.32 Å². The van der Waals surface area contributed by atoms with Gasteiger partial charge in [0.05, 0.1) is 6.61 Å². The molecule has 3 aromatic rings. The quantitative estimate of drug-likeness (QED) is 0.436. The van der Waals surface area contributed by atoms with Gasteiger partial charge in [-0.05, 0) is 65.3 Å². The third-order valence-electron chi connectivity index (χ3n) is 5.40. The molecule has 3 heteroatoms. The molecule has 0 saturated heterocycles. The average molecular weight is 369 g/mol. The number of thiophene rings is 1. The van der Waals surface area contributed by atoms with Crippen LogP contribution in [0.5, 0.6) is 0 Å². The maximum atomic E-state index is 6.38. The Hall–Kier alpha value is -1.42. The summed E-state index contributed by atoms with van der Waals surface area (Å²) < 4.78 is 7.72. The van der Waals surface area contributed by atoms with Crippen molar-refractivity contribution < 1.29 is 4.43 Å². The van der Waals surface area contributed by atoms with E-state index in [1.807, 2.05) is 11.3 Å². The number of rotatable bonds is 4.